The van der Waals surface area contributed by atoms with Crippen LogP contribution >= 0.6 is 0 Å². The predicted octanol–water partition coefficient (Wildman–Crippen LogP) is 2.01. The Morgan fingerprint density at radius 1 is 1.20 bits per heavy atom. The second-order valence-electron chi connectivity index (χ2n) is 7.00. The van der Waals surface area contributed by atoms with Crippen LogP contribution in [-0.2, 0) is 0 Å². The Morgan fingerprint density at radius 3 is 3.12 bits per heavy atom. The quantitative estimate of drug-likeness (QED) is 0.772. The number of aromatic amines is 1. The van der Waals surface area contributed by atoms with Crippen LogP contribution in [0.25, 0.3) is 22.3 Å². The van der Waals surface area contributed by atoms with Gasteiger partial charge in [0.15, 0.2) is 11.6 Å². The SMILES string of the molecule is Cc1[nH]nc2ccc(-c3nncc(N4CCN5CCCC5C4)n3)cc12. The van der Waals surface area contributed by atoms with Gasteiger partial charge in [-0.1, -0.05) is 0 Å². The van der Waals surface area contributed by atoms with Gasteiger partial charge < -0.3 is 4.90 Å². The van der Waals surface area contributed by atoms with E-state index in [0.29, 0.717) is 11.9 Å². The number of fused-ring (bicyclic) bond motifs is 2. The molecule has 1 unspecified atom stereocenters. The maximum absolute atomic E-state index is 4.80. The Bertz CT molecular complexity index is 919. The Kier molecular flexibility index (Phi) is 3.41. The number of nitrogens with one attached hydrogen (secondary N) is 1. The van der Waals surface area contributed by atoms with Crippen molar-refractivity contribution in [3.8, 4) is 11.4 Å². The number of H-pyrrole nitrogens is 1. The van der Waals surface area contributed by atoms with Crippen LogP contribution in [-0.4, -0.2) is 62.5 Å². The van der Waals surface area contributed by atoms with E-state index in [9.17, 15) is 0 Å². The molecule has 0 saturated carbocycles. The van der Waals surface area contributed by atoms with Crippen LogP contribution in [0.4, 0.5) is 5.82 Å². The molecule has 2 fully saturated rings. The van der Waals surface area contributed by atoms with Gasteiger partial charge in [-0.15, -0.1) is 5.10 Å². The lowest BCUT2D eigenvalue weighted by molar-refractivity contribution is 0.230. The molecule has 2 aromatic heterocycles. The number of piperazine rings is 1. The van der Waals surface area contributed by atoms with Crippen molar-refractivity contribution < 1.29 is 0 Å². The van der Waals surface area contributed by atoms with Crippen molar-refractivity contribution in [2.75, 3.05) is 31.1 Å². The van der Waals surface area contributed by atoms with E-state index in [2.05, 4.69) is 36.3 Å². The molecule has 1 atom stereocenters. The van der Waals surface area contributed by atoms with Crippen LogP contribution in [0.1, 0.15) is 18.5 Å². The first-order valence-electron chi connectivity index (χ1n) is 8.92. The largest absolute Gasteiger partial charge is 0.352 e. The van der Waals surface area contributed by atoms with Gasteiger partial charge in [0, 0.05) is 42.3 Å². The maximum atomic E-state index is 4.80. The fourth-order valence-corrected chi connectivity index (χ4v) is 4.05. The first-order chi connectivity index (χ1) is 12.3. The lowest BCUT2D eigenvalue weighted by atomic mass is 10.1. The van der Waals surface area contributed by atoms with E-state index in [-0.39, 0.29) is 0 Å². The molecule has 7 heteroatoms. The van der Waals surface area contributed by atoms with E-state index in [1.165, 1.54) is 19.4 Å². The van der Waals surface area contributed by atoms with Crippen molar-refractivity contribution in [3.05, 3.63) is 30.1 Å². The fraction of sp³-hybridized carbons (Fsp3) is 0.444. The molecule has 1 N–H and O–H groups in total. The molecular formula is C18H21N7. The van der Waals surface area contributed by atoms with Crippen LogP contribution < -0.4 is 4.90 Å². The topological polar surface area (TPSA) is 73.8 Å². The number of rotatable bonds is 2. The van der Waals surface area contributed by atoms with Gasteiger partial charge in [0.05, 0.1) is 11.7 Å². The molecule has 7 nitrogen and oxygen atoms in total. The van der Waals surface area contributed by atoms with E-state index < -0.39 is 0 Å². The molecule has 3 aromatic rings. The van der Waals surface area contributed by atoms with Gasteiger partial charge in [0.2, 0.25) is 0 Å². The van der Waals surface area contributed by atoms with Gasteiger partial charge in [-0.2, -0.15) is 10.2 Å². The van der Waals surface area contributed by atoms with E-state index in [0.717, 1.165) is 47.6 Å². The number of anilines is 1. The lowest BCUT2D eigenvalue weighted by Crippen LogP contribution is -2.50. The number of hydrogen-bond donors (Lipinski definition) is 1. The number of benzene rings is 1. The average Bonchev–Trinajstić information content (AvgIpc) is 3.28. The third-order valence-corrected chi connectivity index (χ3v) is 5.46. The summed E-state index contributed by atoms with van der Waals surface area (Å²) in [6.45, 7) is 6.43. The molecule has 0 amide bonds. The zero-order valence-electron chi connectivity index (χ0n) is 14.3. The normalized spacial score (nSPS) is 21.0. The highest BCUT2D eigenvalue weighted by Gasteiger charge is 2.31. The lowest BCUT2D eigenvalue weighted by Gasteiger charge is -2.37. The Balaban J connectivity index is 1.46. The van der Waals surface area contributed by atoms with Crippen molar-refractivity contribution in [1.82, 2.24) is 30.3 Å². The summed E-state index contributed by atoms with van der Waals surface area (Å²) in [6.07, 6.45) is 4.39. The summed E-state index contributed by atoms with van der Waals surface area (Å²) < 4.78 is 0. The highest BCUT2D eigenvalue weighted by Crippen LogP contribution is 2.26. The zero-order valence-corrected chi connectivity index (χ0v) is 14.3. The zero-order chi connectivity index (χ0) is 16.8. The fourth-order valence-electron chi connectivity index (χ4n) is 4.05. The van der Waals surface area contributed by atoms with Crippen molar-refractivity contribution in [3.63, 3.8) is 0 Å². The van der Waals surface area contributed by atoms with Crippen LogP contribution in [0.5, 0.6) is 0 Å². The number of aryl methyl sites for hydroxylation is 1. The average molecular weight is 335 g/mol. The highest BCUT2D eigenvalue weighted by atomic mass is 15.3. The van der Waals surface area contributed by atoms with Crippen LogP contribution in [0, 0.1) is 6.92 Å². The molecule has 2 aliphatic heterocycles. The molecule has 25 heavy (non-hydrogen) atoms. The molecule has 0 aliphatic carbocycles. The molecule has 128 valence electrons. The summed E-state index contributed by atoms with van der Waals surface area (Å²) in [5.41, 5.74) is 2.99. The minimum atomic E-state index is 0.664. The Labute approximate surface area is 146 Å². The molecule has 5 rings (SSSR count). The van der Waals surface area contributed by atoms with E-state index in [4.69, 9.17) is 4.98 Å². The Morgan fingerprint density at radius 2 is 2.16 bits per heavy atom. The molecule has 4 heterocycles. The smallest absolute Gasteiger partial charge is 0.183 e. The van der Waals surface area contributed by atoms with Crippen LogP contribution in [0.3, 0.4) is 0 Å². The van der Waals surface area contributed by atoms with Gasteiger partial charge in [0.1, 0.15) is 0 Å². The first kappa shape index (κ1) is 14.8. The first-order valence-corrected chi connectivity index (χ1v) is 8.92. The van der Waals surface area contributed by atoms with E-state index in [1.54, 1.807) is 6.20 Å². The van der Waals surface area contributed by atoms with E-state index in [1.807, 2.05) is 19.1 Å². The van der Waals surface area contributed by atoms with Crippen LogP contribution in [0.2, 0.25) is 0 Å². The monoisotopic (exact) mass is 335 g/mol. The van der Waals surface area contributed by atoms with E-state index >= 15 is 0 Å². The van der Waals surface area contributed by atoms with Gasteiger partial charge in [-0.25, -0.2) is 4.98 Å². The summed E-state index contributed by atoms with van der Waals surface area (Å²) in [5.74, 6) is 1.61. The van der Waals surface area contributed by atoms with Crippen molar-refractivity contribution in [1.29, 1.82) is 0 Å². The standard InChI is InChI=1S/C18H21N7/c1-12-15-9-13(4-5-16(15)22-21-12)18-20-17(10-19-23-18)25-8-7-24-6-2-3-14(24)11-25/h4-5,9-10,14H,2-3,6-8,11H2,1H3,(H,21,22). The molecule has 1 aromatic carbocycles. The highest BCUT2D eigenvalue weighted by molar-refractivity contribution is 5.85. The molecular weight excluding hydrogens is 314 g/mol. The third kappa shape index (κ3) is 2.55. The van der Waals surface area contributed by atoms with Gasteiger partial charge in [0.25, 0.3) is 0 Å². The number of hydrogen-bond acceptors (Lipinski definition) is 6. The summed E-state index contributed by atoms with van der Waals surface area (Å²) in [6, 6.07) is 6.76. The number of nitrogens with zero attached hydrogens (tertiary/aromatic N) is 6. The molecule has 0 spiro atoms. The second-order valence-corrected chi connectivity index (χ2v) is 7.00. The van der Waals surface area contributed by atoms with Gasteiger partial charge in [-0.3, -0.25) is 10.00 Å². The third-order valence-electron chi connectivity index (χ3n) is 5.46. The summed E-state index contributed by atoms with van der Waals surface area (Å²) >= 11 is 0. The van der Waals surface area contributed by atoms with Gasteiger partial charge in [-0.05, 0) is 44.5 Å². The second kappa shape index (κ2) is 5.77. The molecule has 0 bridgehead atoms. The summed E-state index contributed by atoms with van der Waals surface area (Å²) in [7, 11) is 0. The molecule has 2 saturated heterocycles. The number of aromatic nitrogens is 5. The van der Waals surface area contributed by atoms with Crippen molar-refractivity contribution >= 4 is 16.7 Å². The van der Waals surface area contributed by atoms with Crippen LogP contribution in [0.15, 0.2) is 24.4 Å². The maximum Gasteiger partial charge on any atom is 0.183 e. The predicted molar refractivity (Wildman–Crippen MR) is 96.5 cm³/mol. The van der Waals surface area contributed by atoms with Crippen molar-refractivity contribution in [2.45, 2.75) is 25.8 Å². The summed E-state index contributed by atoms with van der Waals surface area (Å²) in [4.78, 5) is 9.76. The van der Waals surface area contributed by atoms with Gasteiger partial charge >= 0.3 is 0 Å². The Hall–Kier alpha value is -2.54. The van der Waals surface area contributed by atoms with Crippen molar-refractivity contribution in [2.24, 2.45) is 0 Å². The molecule has 2 aliphatic rings. The minimum absolute atomic E-state index is 0.664. The summed E-state index contributed by atoms with van der Waals surface area (Å²) in [5, 5.41) is 16.9. The minimum Gasteiger partial charge on any atom is -0.352 e. The molecule has 0 radical (unpaired) electrons.